The van der Waals surface area contributed by atoms with E-state index in [9.17, 15) is 10.5 Å². The topological polar surface area (TPSA) is 54.1 Å². The highest BCUT2D eigenvalue weighted by molar-refractivity contribution is 7.00. The molecule has 2 heterocycles. The van der Waals surface area contributed by atoms with Crippen LogP contribution in [0.25, 0.3) is 66.8 Å². The van der Waals surface area contributed by atoms with Crippen LogP contribution in [-0.2, 0) is 0 Å². The van der Waals surface area contributed by atoms with Gasteiger partial charge in [0, 0.05) is 33.6 Å². The van der Waals surface area contributed by atoms with Crippen molar-refractivity contribution >= 4 is 57.2 Å². The summed E-state index contributed by atoms with van der Waals surface area (Å²) < 4.78 is 0. The van der Waals surface area contributed by atoms with Gasteiger partial charge in [-0.05, 0) is 79.1 Å². The molecule has 2 aliphatic rings. The van der Waals surface area contributed by atoms with Crippen LogP contribution in [0.2, 0.25) is 0 Å². The average Bonchev–Trinajstić information content (AvgIpc) is 3.48. The first kappa shape index (κ1) is 43.1. The van der Waals surface area contributed by atoms with Crippen LogP contribution in [-0.4, -0.2) is 6.71 Å². The Hall–Kier alpha value is -9.94. The largest absolute Gasteiger partial charge is 0.309 e. The molecule has 73 heavy (non-hydrogen) atoms. The number of anilines is 6. The van der Waals surface area contributed by atoms with Crippen LogP contribution in [0.3, 0.4) is 0 Å². The van der Waals surface area contributed by atoms with Gasteiger partial charge in [0.05, 0.1) is 33.9 Å². The van der Waals surface area contributed by atoms with Crippen molar-refractivity contribution in [2.45, 2.75) is 0 Å². The molecule has 5 heteroatoms. The summed E-state index contributed by atoms with van der Waals surface area (Å²) >= 11 is 0. The van der Waals surface area contributed by atoms with Crippen molar-refractivity contribution in [1.82, 2.24) is 0 Å². The lowest BCUT2D eigenvalue weighted by atomic mass is 9.33. The molecule has 11 aromatic carbocycles. The Bertz CT molecular complexity index is 3610. The number of para-hydroxylation sites is 2. The molecule has 338 valence electrons. The molecule has 0 atom stereocenters. The maximum absolute atomic E-state index is 11.7. The maximum atomic E-state index is 11.7. The monoisotopic (exact) mass is 926 g/mol. The fourth-order valence-corrected chi connectivity index (χ4v) is 11.3. The number of benzene rings is 11. The summed E-state index contributed by atoms with van der Waals surface area (Å²) in [5, 5.41) is 23.5. The third kappa shape index (κ3) is 7.22. The minimum absolute atomic E-state index is 0.384. The van der Waals surface area contributed by atoms with Crippen LogP contribution in [0.4, 0.5) is 34.1 Å². The highest BCUT2D eigenvalue weighted by Gasteiger charge is 2.47. The second-order valence-electron chi connectivity index (χ2n) is 18.6. The Morgan fingerprint density at radius 2 is 0.575 bits per heavy atom. The third-order valence-corrected chi connectivity index (χ3v) is 14.5. The van der Waals surface area contributed by atoms with Crippen molar-refractivity contribution in [3.05, 3.63) is 272 Å². The first-order valence-corrected chi connectivity index (χ1v) is 24.7. The van der Waals surface area contributed by atoms with Gasteiger partial charge in [0.15, 0.2) is 0 Å². The summed E-state index contributed by atoms with van der Waals surface area (Å²) in [5.41, 5.74) is 21.7. The number of fused-ring (bicyclic) bond motifs is 4. The van der Waals surface area contributed by atoms with Crippen molar-refractivity contribution in [2.75, 3.05) is 9.80 Å². The Morgan fingerprint density at radius 3 is 0.877 bits per heavy atom. The number of nitriles is 2. The minimum Gasteiger partial charge on any atom is -0.309 e. The molecule has 11 aromatic rings. The smallest absolute Gasteiger partial charge is 0.252 e. The van der Waals surface area contributed by atoms with Crippen LogP contribution in [0.1, 0.15) is 11.1 Å². The van der Waals surface area contributed by atoms with E-state index >= 15 is 0 Å². The highest BCUT2D eigenvalue weighted by Crippen LogP contribution is 2.54. The van der Waals surface area contributed by atoms with E-state index in [2.05, 4.69) is 240 Å². The molecule has 0 unspecified atom stereocenters. The molecule has 2 aliphatic heterocycles. The lowest BCUT2D eigenvalue weighted by molar-refractivity contribution is 1.24. The summed E-state index contributed by atoms with van der Waals surface area (Å²) in [7, 11) is 0. The molecule has 0 fully saturated rings. The normalized spacial score (nSPS) is 12.0. The molecule has 0 amide bonds. The predicted molar refractivity (Wildman–Crippen MR) is 303 cm³/mol. The lowest BCUT2D eigenvalue weighted by Crippen LogP contribution is -2.62. The van der Waals surface area contributed by atoms with Gasteiger partial charge in [0.25, 0.3) is 6.71 Å². The van der Waals surface area contributed by atoms with E-state index in [0.29, 0.717) is 11.1 Å². The summed E-state index contributed by atoms with van der Waals surface area (Å²) in [6.07, 6.45) is 0. The molecule has 0 saturated carbocycles. The molecule has 0 spiro atoms. The van der Waals surface area contributed by atoms with Crippen molar-refractivity contribution in [3.8, 4) is 78.9 Å². The summed E-state index contributed by atoms with van der Waals surface area (Å²) in [5.74, 6) is 0. The number of rotatable bonds is 8. The van der Waals surface area contributed by atoms with E-state index in [0.717, 1.165) is 117 Å². The fourth-order valence-electron chi connectivity index (χ4n) is 11.3. The standard InChI is InChI=1S/C68H43BN4/c70-44-54-41-55(45-71)66-64-65(54)72(67-56(48-25-11-3-12-26-48)33-19-34-57(67)49-27-13-4-14-28-49)62-42-52(46-21-7-1-8-22-46)37-39-60(62)69(64)61-40-38-53(47-23-9-2-10-24-47)43-63(61)73(66)68-58(50-29-15-5-16-30-50)35-20-36-59(68)51-31-17-6-18-32-51/h1-43H. The van der Waals surface area contributed by atoms with Gasteiger partial charge >= 0.3 is 0 Å². The Balaban J connectivity index is 1.22. The molecule has 13 rings (SSSR count). The summed E-state index contributed by atoms with van der Waals surface area (Å²) in [6.45, 7) is -0.384. The third-order valence-electron chi connectivity index (χ3n) is 14.5. The van der Waals surface area contributed by atoms with Gasteiger partial charge in [0.1, 0.15) is 12.1 Å². The van der Waals surface area contributed by atoms with Gasteiger partial charge in [-0.3, -0.25) is 0 Å². The van der Waals surface area contributed by atoms with Crippen molar-refractivity contribution in [2.24, 2.45) is 0 Å². The zero-order valence-corrected chi connectivity index (χ0v) is 39.7. The van der Waals surface area contributed by atoms with E-state index in [1.54, 1.807) is 0 Å². The zero-order valence-electron chi connectivity index (χ0n) is 39.7. The quantitative estimate of drug-likeness (QED) is 0.143. The van der Waals surface area contributed by atoms with Crippen LogP contribution in [0.5, 0.6) is 0 Å². The van der Waals surface area contributed by atoms with E-state index in [1.807, 2.05) is 42.5 Å². The Morgan fingerprint density at radius 1 is 0.274 bits per heavy atom. The lowest BCUT2D eigenvalue weighted by Gasteiger charge is -2.46. The second-order valence-corrected chi connectivity index (χ2v) is 18.6. The second kappa shape index (κ2) is 18.1. The number of nitrogens with zero attached hydrogens (tertiary/aromatic N) is 4. The van der Waals surface area contributed by atoms with Crippen molar-refractivity contribution in [3.63, 3.8) is 0 Å². The van der Waals surface area contributed by atoms with E-state index < -0.39 is 0 Å². The Labute approximate surface area is 426 Å². The van der Waals surface area contributed by atoms with Gasteiger partial charge in [0.2, 0.25) is 0 Å². The van der Waals surface area contributed by atoms with Gasteiger partial charge in [-0.15, -0.1) is 0 Å². The molecule has 0 N–H and O–H groups in total. The molecule has 0 saturated heterocycles. The van der Waals surface area contributed by atoms with Crippen molar-refractivity contribution < 1.29 is 0 Å². The molecule has 0 aromatic heterocycles. The SMILES string of the molecule is N#Cc1cc(C#N)c2c3c1N(c1c(-c4ccccc4)cccc1-c1ccccc1)c1cc(-c4ccccc4)ccc1B3c1ccc(-c3ccccc3)cc1N2c1c(-c2ccccc2)cccc1-c1ccccc1. The number of hydrogen-bond acceptors (Lipinski definition) is 4. The summed E-state index contributed by atoms with van der Waals surface area (Å²) in [6, 6.07) is 97.1. The molecular weight excluding hydrogens is 884 g/mol. The van der Waals surface area contributed by atoms with Gasteiger partial charge in [-0.1, -0.05) is 243 Å². The van der Waals surface area contributed by atoms with E-state index in [4.69, 9.17) is 0 Å². The Kier molecular flexibility index (Phi) is 10.7. The molecule has 0 radical (unpaired) electrons. The van der Waals surface area contributed by atoms with E-state index in [1.165, 1.54) is 0 Å². The average molecular weight is 927 g/mol. The highest BCUT2D eigenvalue weighted by atomic mass is 15.2. The van der Waals surface area contributed by atoms with Gasteiger partial charge < -0.3 is 9.80 Å². The first-order valence-electron chi connectivity index (χ1n) is 24.7. The molecule has 0 aliphatic carbocycles. The fraction of sp³-hybridized carbons (Fsp3) is 0. The minimum atomic E-state index is -0.384. The molecule has 4 nitrogen and oxygen atoms in total. The van der Waals surface area contributed by atoms with Gasteiger partial charge in [-0.2, -0.15) is 10.5 Å². The van der Waals surface area contributed by atoms with Crippen LogP contribution in [0, 0.1) is 22.7 Å². The summed E-state index contributed by atoms with van der Waals surface area (Å²) in [4.78, 5) is 4.73. The van der Waals surface area contributed by atoms with Crippen LogP contribution >= 0.6 is 0 Å². The van der Waals surface area contributed by atoms with Gasteiger partial charge in [-0.25, -0.2) is 0 Å². The molecule has 0 bridgehead atoms. The van der Waals surface area contributed by atoms with Crippen LogP contribution < -0.4 is 26.2 Å². The molecular formula is C68H43BN4. The predicted octanol–water partition coefficient (Wildman–Crippen LogP) is 15.5. The van der Waals surface area contributed by atoms with Crippen LogP contribution in [0.15, 0.2) is 261 Å². The zero-order chi connectivity index (χ0) is 48.8. The van der Waals surface area contributed by atoms with E-state index in [-0.39, 0.29) is 6.71 Å². The first-order chi connectivity index (χ1) is 36.2. The maximum Gasteiger partial charge on any atom is 0.252 e. The number of hydrogen-bond donors (Lipinski definition) is 0. The van der Waals surface area contributed by atoms with Crippen molar-refractivity contribution in [1.29, 1.82) is 10.5 Å².